The van der Waals surface area contributed by atoms with E-state index in [2.05, 4.69) is 47.8 Å². The lowest BCUT2D eigenvalue weighted by molar-refractivity contribution is 0.388. The Hall–Kier alpha value is -0.920. The third-order valence-corrected chi connectivity index (χ3v) is 3.88. The van der Waals surface area contributed by atoms with Crippen LogP contribution in [0.25, 0.3) is 0 Å². The molecular formula is C12H7Br3O4. The molecule has 4 nitrogen and oxygen atoms in total. The first-order valence-corrected chi connectivity index (χ1v) is 7.33. The van der Waals surface area contributed by atoms with Crippen LogP contribution in [0.1, 0.15) is 0 Å². The van der Waals surface area contributed by atoms with Crippen molar-refractivity contribution in [3.05, 3.63) is 37.7 Å². The molecule has 0 saturated carbocycles. The van der Waals surface area contributed by atoms with Gasteiger partial charge in [-0.05, 0) is 50.1 Å². The van der Waals surface area contributed by atoms with Gasteiger partial charge in [-0.2, -0.15) is 0 Å². The van der Waals surface area contributed by atoms with Gasteiger partial charge in [-0.1, -0.05) is 15.9 Å². The molecule has 0 fully saturated rings. The molecule has 0 unspecified atom stereocenters. The second-order valence-electron chi connectivity index (χ2n) is 3.61. The summed E-state index contributed by atoms with van der Waals surface area (Å²) in [5.74, 6) is -0.186. The highest BCUT2D eigenvalue weighted by atomic mass is 79.9. The largest absolute Gasteiger partial charge is 0.504 e. The average Bonchev–Trinajstić information content (AvgIpc) is 2.30. The van der Waals surface area contributed by atoms with Crippen LogP contribution in [-0.4, -0.2) is 15.3 Å². The van der Waals surface area contributed by atoms with E-state index in [1.165, 1.54) is 18.2 Å². The molecule has 19 heavy (non-hydrogen) atoms. The SMILES string of the molecule is Oc1cc(Oc2c(O)cc(Br)cc2Br)cc(Br)c1O. The molecular weight excluding hydrogens is 448 g/mol. The lowest BCUT2D eigenvalue weighted by Gasteiger charge is -2.11. The number of benzene rings is 2. The summed E-state index contributed by atoms with van der Waals surface area (Å²) in [6, 6.07) is 5.91. The molecule has 2 rings (SSSR count). The fraction of sp³-hybridized carbons (Fsp3) is 0. The van der Waals surface area contributed by atoms with Crippen LogP contribution in [0.15, 0.2) is 37.7 Å². The van der Waals surface area contributed by atoms with Crippen molar-refractivity contribution >= 4 is 47.8 Å². The molecule has 7 heteroatoms. The van der Waals surface area contributed by atoms with Crippen LogP contribution in [0.2, 0.25) is 0 Å². The molecule has 0 spiro atoms. The summed E-state index contributed by atoms with van der Waals surface area (Å²) in [5, 5.41) is 28.7. The highest BCUT2D eigenvalue weighted by Crippen LogP contribution is 2.43. The summed E-state index contributed by atoms with van der Waals surface area (Å²) in [4.78, 5) is 0. The Balaban J connectivity index is 2.42. The number of rotatable bonds is 2. The molecule has 3 N–H and O–H groups in total. The van der Waals surface area contributed by atoms with Crippen molar-refractivity contribution in [2.24, 2.45) is 0 Å². The zero-order chi connectivity index (χ0) is 14.2. The summed E-state index contributed by atoms with van der Waals surface area (Å²) in [6.45, 7) is 0. The Morgan fingerprint density at radius 1 is 0.789 bits per heavy atom. The maximum absolute atomic E-state index is 9.82. The highest BCUT2D eigenvalue weighted by molar-refractivity contribution is 9.11. The van der Waals surface area contributed by atoms with Gasteiger partial charge in [-0.15, -0.1) is 0 Å². The molecule has 2 aromatic carbocycles. The van der Waals surface area contributed by atoms with Gasteiger partial charge in [-0.25, -0.2) is 0 Å². The highest BCUT2D eigenvalue weighted by Gasteiger charge is 2.13. The molecule has 0 aromatic heterocycles. The molecule has 0 heterocycles. The van der Waals surface area contributed by atoms with Crippen LogP contribution in [0.4, 0.5) is 0 Å². The number of aromatic hydroxyl groups is 3. The normalized spacial score (nSPS) is 10.5. The van der Waals surface area contributed by atoms with Gasteiger partial charge in [0.25, 0.3) is 0 Å². The maximum Gasteiger partial charge on any atom is 0.183 e. The van der Waals surface area contributed by atoms with Gasteiger partial charge in [0.2, 0.25) is 0 Å². The minimum absolute atomic E-state index is 0.0649. The quantitative estimate of drug-likeness (QED) is 0.565. The summed E-state index contributed by atoms with van der Waals surface area (Å²) in [5.41, 5.74) is 0. The Morgan fingerprint density at radius 2 is 1.47 bits per heavy atom. The second kappa shape index (κ2) is 5.60. The van der Waals surface area contributed by atoms with E-state index in [9.17, 15) is 15.3 Å². The van der Waals surface area contributed by atoms with E-state index in [4.69, 9.17) is 4.74 Å². The summed E-state index contributed by atoms with van der Waals surface area (Å²) < 4.78 is 7.02. The first-order valence-electron chi connectivity index (χ1n) is 4.96. The Morgan fingerprint density at radius 3 is 2.05 bits per heavy atom. The van der Waals surface area contributed by atoms with Gasteiger partial charge in [0, 0.05) is 10.5 Å². The lowest BCUT2D eigenvalue weighted by Crippen LogP contribution is -1.87. The summed E-state index contributed by atoms with van der Waals surface area (Å²) in [6.07, 6.45) is 0. The molecule has 0 saturated heterocycles. The molecule has 0 aliphatic carbocycles. The van der Waals surface area contributed by atoms with Crippen molar-refractivity contribution in [1.29, 1.82) is 0 Å². The Bertz CT molecular complexity index is 597. The minimum atomic E-state index is -0.322. The molecule has 0 atom stereocenters. The van der Waals surface area contributed by atoms with Gasteiger partial charge in [-0.3, -0.25) is 0 Å². The van der Waals surface area contributed by atoms with Gasteiger partial charge in [0.1, 0.15) is 5.75 Å². The first-order chi connectivity index (χ1) is 8.88. The smallest absolute Gasteiger partial charge is 0.183 e. The molecule has 0 amide bonds. The van der Waals surface area contributed by atoms with E-state index in [1.54, 1.807) is 6.07 Å². The third kappa shape index (κ3) is 3.16. The zero-order valence-corrected chi connectivity index (χ0v) is 14.0. The van der Waals surface area contributed by atoms with Crippen LogP contribution in [0.3, 0.4) is 0 Å². The maximum atomic E-state index is 9.82. The first kappa shape index (κ1) is 14.5. The van der Waals surface area contributed by atoms with E-state index in [0.29, 0.717) is 8.95 Å². The number of hydrogen-bond acceptors (Lipinski definition) is 4. The molecule has 2 aromatic rings. The van der Waals surface area contributed by atoms with E-state index in [0.717, 1.165) is 0 Å². The zero-order valence-electron chi connectivity index (χ0n) is 9.19. The van der Waals surface area contributed by atoms with Crippen LogP contribution >= 0.6 is 47.8 Å². The van der Waals surface area contributed by atoms with E-state index in [-0.39, 0.29) is 33.2 Å². The van der Waals surface area contributed by atoms with Crippen molar-refractivity contribution in [2.75, 3.05) is 0 Å². The van der Waals surface area contributed by atoms with Gasteiger partial charge in [0.15, 0.2) is 23.0 Å². The Labute approximate surface area is 134 Å². The molecule has 0 bridgehead atoms. The van der Waals surface area contributed by atoms with Crippen molar-refractivity contribution in [3.8, 4) is 28.7 Å². The predicted molar refractivity (Wildman–Crippen MR) is 81.1 cm³/mol. The number of halogens is 3. The second-order valence-corrected chi connectivity index (χ2v) is 6.24. The van der Waals surface area contributed by atoms with Crippen LogP contribution in [0.5, 0.6) is 28.7 Å². The molecule has 0 radical (unpaired) electrons. The van der Waals surface area contributed by atoms with E-state index in [1.807, 2.05) is 0 Å². The number of phenols is 3. The monoisotopic (exact) mass is 452 g/mol. The molecule has 0 aliphatic rings. The lowest BCUT2D eigenvalue weighted by atomic mass is 10.3. The van der Waals surface area contributed by atoms with Crippen LogP contribution in [0, 0.1) is 0 Å². The number of hydrogen-bond donors (Lipinski definition) is 3. The van der Waals surface area contributed by atoms with Crippen molar-refractivity contribution in [3.63, 3.8) is 0 Å². The third-order valence-electron chi connectivity index (χ3n) is 2.23. The molecule has 100 valence electrons. The van der Waals surface area contributed by atoms with E-state index < -0.39 is 0 Å². The van der Waals surface area contributed by atoms with Crippen molar-refractivity contribution < 1.29 is 20.1 Å². The van der Waals surface area contributed by atoms with Crippen molar-refractivity contribution in [2.45, 2.75) is 0 Å². The van der Waals surface area contributed by atoms with Crippen LogP contribution in [-0.2, 0) is 0 Å². The Kier molecular flexibility index (Phi) is 4.27. The van der Waals surface area contributed by atoms with E-state index >= 15 is 0 Å². The number of ether oxygens (including phenoxy) is 1. The minimum Gasteiger partial charge on any atom is -0.504 e. The van der Waals surface area contributed by atoms with Crippen LogP contribution < -0.4 is 4.74 Å². The standard InChI is InChI=1S/C12H7Br3O4/c13-5-1-8(15)12(10(17)2-5)19-6-3-7(14)11(18)9(16)4-6/h1-4,16-18H. The predicted octanol–water partition coefficient (Wildman–Crippen LogP) is 4.88. The van der Waals surface area contributed by atoms with Gasteiger partial charge >= 0.3 is 0 Å². The average molecular weight is 455 g/mol. The van der Waals surface area contributed by atoms with Gasteiger partial charge in [0.05, 0.1) is 8.95 Å². The molecule has 0 aliphatic heterocycles. The fourth-order valence-electron chi connectivity index (χ4n) is 1.38. The topological polar surface area (TPSA) is 69.9 Å². The van der Waals surface area contributed by atoms with Gasteiger partial charge < -0.3 is 20.1 Å². The fourth-order valence-corrected chi connectivity index (χ4v) is 3.10. The summed E-state index contributed by atoms with van der Waals surface area (Å²) >= 11 is 9.59. The summed E-state index contributed by atoms with van der Waals surface area (Å²) in [7, 11) is 0. The number of phenolic OH excluding ortho intramolecular Hbond substituents is 3. The van der Waals surface area contributed by atoms with Crippen molar-refractivity contribution in [1.82, 2.24) is 0 Å².